The van der Waals surface area contributed by atoms with Gasteiger partial charge in [0.2, 0.25) is 0 Å². The minimum Gasteiger partial charge on any atom is -0.356 e. The third kappa shape index (κ3) is 7.49. The summed E-state index contributed by atoms with van der Waals surface area (Å²) in [6.45, 7) is 7.20. The van der Waals surface area contributed by atoms with Crippen LogP contribution in [0.15, 0.2) is 4.99 Å². The van der Waals surface area contributed by atoms with Crippen molar-refractivity contribution in [3.05, 3.63) is 0 Å². The van der Waals surface area contributed by atoms with Crippen LogP contribution in [0.25, 0.3) is 0 Å². The van der Waals surface area contributed by atoms with Gasteiger partial charge in [-0.15, -0.1) is 24.0 Å². The second-order valence-corrected chi connectivity index (χ2v) is 6.88. The van der Waals surface area contributed by atoms with E-state index < -0.39 is 0 Å². The van der Waals surface area contributed by atoms with E-state index in [1.54, 1.807) is 0 Å². The van der Waals surface area contributed by atoms with Crippen LogP contribution in [-0.2, 0) is 0 Å². The quantitative estimate of drug-likeness (QED) is 0.309. The first-order chi connectivity index (χ1) is 10.3. The highest BCUT2D eigenvalue weighted by molar-refractivity contribution is 14.0. The van der Waals surface area contributed by atoms with E-state index in [2.05, 4.69) is 27.4 Å². The van der Waals surface area contributed by atoms with E-state index >= 15 is 0 Å². The largest absolute Gasteiger partial charge is 0.356 e. The topological polar surface area (TPSA) is 39.7 Å². The fourth-order valence-electron chi connectivity index (χ4n) is 3.63. The Kier molecular flexibility index (Phi) is 10.4. The second kappa shape index (κ2) is 11.5. The van der Waals surface area contributed by atoms with Gasteiger partial charge < -0.3 is 15.5 Å². The molecule has 2 aliphatic rings. The van der Waals surface area contributed by atoms with Crippen molar-refractivity contribution in [2.75, 3.05) is 33.2 Å². The maximum absolute atomic E-state index is 4.36. The molecule has 1 aliphatic heterocycles. The summed E-state index contributed by atoms with van der Waals surface area (Å²) in [5.74, 6) is 1.88. The lowest BCUT2D eigenvalue weighted by Gasteiger charge is -2.31. The fourth-order valence-corrected chi connectivity index (χ4v) is 3.63. The van der Waals surface area contributed by atoms with Crippen molar-refractivity contribution in [1.82, 2.24) is 15.5 Å². The van der Waals surface area contributed by atoms with Gasteiger partial charge in [0.05, 0.1) is 0 Å². The molecule has 2 rings (SSSR count). The molecule has 1 heterocycles. The number of nitrogens with zero attached hydrogens (tertiary/aromatic N) is 2. The van der Waals surface area contributed by atoms with Crippen LogP contribution in [0.5, 0.6) is 0 Å². The summed E-state index contributed by atoms with van der Waals surface area (Å²) < 4.78 is 0. The number of rotatable bonds is 5. The van der Waals surface area contributed by atoms with Crippen LogP contribution in [0.2, 0.25) is 0 Å². The molecular weight excluding hydrogens is 387 g/mol. The van der Waals surface area contributed by atoms with Crippen LogP contribution in [0.3, 0.4) is 0 Å². The van der Waals surface area contributed by atoms with Gasteiger partial charge in [-0.05, 0) is 51.1 Å². The van der Waals surface area contributed by atoms with Gasteiger partial charge in [0.25, 0.3) is 0 Å². The number of piperidine rings is 1. The average Bonchev–Trinajstić information content (AvgIpc) is 2.51. The molecule has 5 heteroatoms. The highest BCUT2D eigenvalue weighted by atomic mass is 127. The number of halogens is 1. The molecule has 1 aliphatic carbocycles. The van der Waals surface area contributed by atoms with Crippen LogP contribution in [-0.4, -0.2) is 50.1 Å². The second-order valence-electron chi connectivity index (χ2n) is 6.88. The predicted octanol–water partition coefficient (Wildman–Crippen LogP) is 3.22. The molecule has 0 bridgehead atoms. The zero-order valence-corrected chi connectivity index (χ0v) is 16.8. The molecule has 0 aromatic rings. The van der Waals surface area contributed by atoms with Gasteiger partial charge in [-0.2, -0.15) is 0 Å². The number of likely N-dealkylation sites (tertiary alicyclic amines) is 1. The van der Waals surface area contributed by atoms with Crippen LogP contribution >= 0.6 is 24.0 Å². The molecule has 1 unspecified atom stereocenters. The lowest BCUT2D eigenvalue weighted by Crippen LogP contribution is -2.45. The SMILES string of the molecule is CN=C(NCCCN1CCCC(C)C1)NC1CCCCC1.I. The van der Waals surface area contributed by atoms with E-state index in [9.17, 15) is 0 Å². The summed E-state index contributed by atoms with van der Waals surface area (Å²) in [5.41, 5.74) is 0. The predicted molar refractivity (Wildman–Crippen MR) is 106 cm³/mol. The number of aliphatic imine (C=N–C) groups is 1. The molecule has 0 aromatic heterocycles. The Morgan fingerprint density at radius 1 is 1.14 bits per heavy atom. The molecule has 130 valence electrons. The van der Waals surface area contributed by atoms with Crippen LogP contribution < -0.4 is 10.6 Å². The highest BCUT2D eigenvalue weighted by Gasteiger charge is 2.16. The van der Waals surface area contributed by atoms with Crippen molar-refractivity contribution < 1.29 is 0 Å². The summed E-state index contributed by atoms with van der Waals surface area (Å²) in [4.78, 5) is 6.98. The molecule has 22 heavy (non-hydrogen) atoms. The Morgan fingerprint density at radius 3 is 2.59 bits per heavy atom. The molecule has 0 amide bonds. The molecule has 1 atom stereocenters. The van der Waals surface area contributed by atoms with Crippen molar-refractivity contribution in [3.8, 4) is 0 Å². The van der Waals surface area contributed by atoms with E-state index in [1.807, 2.05) is 7.05 Å². The fraction of sp³-hybridized carbons (Fsp3) is 0.941. The Labute approximate surface area is 153 Å². The molecule has 2 N–H and O–H groups in total. The molecule has 0 radical (unpaired) electrons. The monoisotopic (exact) mass is 422 g/mol. The van der Waals surface area contributed by atoms with E-state index in [0.717, 1.165) is 18.4 Å². The van der Waals surface area contributed by atoms with E-state index in [-0.39, 0.29) is 24.0 Å². The van der Waals surface area contributed by atoms with Gasteiger partial charge in [0, 0.05) is 26.2 Å². The summed E-state index contributed by atoms with van der Waals surface area (Å²) in [5, 5.41) is 7.06. The highest BCUT2D eigenvalue weighted by Crippen LogP contribution is 2.17. The number of nitrogens with one attached hydrogen (secondary N) is 2. The first-order valence-electron chi connectivity index (χ1n) is 8.97. The lowest BCUT2D eigenvalue weighted by atomic mass is 9.96. The molecule has 0 spiro atoms. The summed E-state index contributed by atoms with van der Waals surface area (Å²) in [7, 11) is 1.88. The van der Waals surface area contributed by atoms with Crippen molar-refractivity contribution in [2.24, 2.45) is 10.9 Å². The summed E-state index contributed by atoms with van der Waals surface area (Å²) in [6, 6.07) is 0.632. The number of hydrogen-bond donors (Lipinski definition) is 2. The van der Waals surface area contributed by atoms with Gasteiger partial charge >= 0.3 is 0 Å². The average molecular weight is 422 g/mol. The van der Waals surface area contributed by atoms with Gasteiger partial charge in [-0.25, -0.2) is 0 Å². The maximum Gasteiger partial charge on any atom is 0.191 e. The summed E-state index contributed by atoms with van der Waals surface area (Å²) >= 11 is 0. The van der Waals surface area contributed by atoms with Crippen molar-refractivity contribution >= 4 is 29.9 Å². The number of guanidine groups is 1. The van der Waals surface area contributed by atoms with E-state index in [1.165, 1.54) is 71.0 Å². The first kappa shape index (κ1) is 20.0. The first-order valence-corrected chi connectivity index (χ1v) is 8.97. The molecule has 0 aromatic carbocycles. The Hall–Kier alpha value is -0.0400. The van der Waals surface area contributed by atoms with Gasteiger partial charge in [0.1, 0.15) is 0 Å². The zero-order chi connectivity index (χ0) is 14.9. The molecule has 2 fully saturated rings. The Morgan fingerprint density at radius 2 is 1.91 bits per heavy atom. The number of hydrogen-bond acceptors (Lipinski definition) is 2. The molecule has 1 saturated heterocycles. The standard InChI is InChI=1S/C17H34N4.HI/c1-15-8-6-12-21(14-15)13-7-11-19-17(18-2)20-16-9-4-3-5-10-16;/h15-16H,3-14H2,1-2H3,(H2,18,19,20);1H. The van der Waals surface area contributed by atoms with Crippen LogP contribution in [0, 0.1) is 5.92 Å². The minimum atomic E-state index is 0. The van der Waals surface area contributed by atoms with E-state index in [4.69, 9.17) is 0 Å². The molecular formula is C17H35IN4. The zero-order valence-electron chi connectivity index (χ0n) is 14.4. The Balaban J connectivity index is 0.00000242. The third-order valence-corrected chi connectivity index (χ3v) is 4.85. The van der Waals surface area contributed by atoms with Gasteiger partial charge in [-0.3, -0.25) is 4.99 Å². The Bertz CT molecular complexity index is 316. The van der Waals surface area contributed by atoms with Crippen molar-refractivity contribution in [2.45, 2.75) is 64.3 Å². The van der Waals surface area contributed by atoms with Gasteiger partial charge in [0.15, 0.2) is 5.96 Å². The van der Waals surface area contributed by atoms with E-state index in [0.29, 0.717) is 6.04 Å². The van der Waals surface area contributed by atoms with Crippen molar-refractivity contribution in [3.63, 3.8) is 0 Å². The van der Waals surface area contributed by atoms with Gasteiger partial charge in [-0.1, -0.05) is 26.2 Å². The van der Waals surface area contributed by atoms with Crippen LogP contribution in [0.4, 0.5) is 0 Å². The van der Waals surface area contributed by atoms with Crippen LogP contribution in [0.1, 0.15) is 58.3 Å². The third-order valence-electron chi connectivity index (χ3n) is 4.85. The minimum absolute atomic E-state index is 0. The maximum atomic E-state index is 4.36. The smallest absolute Gasteiger partial charge is 0.191 e. The van der Waals surface area contributed by atoms with Crippen molar-refractivity contribution in [1.29, 1.82) is 0 Å². The molecule has 1 saturated carbocycles. The lowest BCUT2D eigenvalue weighted by molar-refractivity contribution is 0.182. The molecule has 4 nitrogen and oxygen atoms in total. The normalized spacial score (nSPS) is 24.6. The summed E-state index contributed by atoms with van der Waals surface area (Å²) in [6.07, 6.45) is 10.7.